The van der Waals surface area contributed by atoms with Gasteiger partial charge in [0.2, 0.25) is 5.91 Å². The maximum Gasteiger partial charge on any atom is 0.253 e. The Morgan fingerprint density at radius 2 is 2.00 bits per heavy atom. The Morgan fingerprint density at radius 1 is 1.37 bits per heavy atom. The molecule has 0 fully saturated rings. The maximum absolute atomic E-state index is 11.8. The molecule has 6 heteroatoms. The molecule has 0 unspecified atom stereocenters. The number of nitrogens with zero attached hydrogens (tertiary/aromatic N) is 1. The molecule has 0 spiro atoms. The van der Waals surface area contributed by atoms with Gasteiger partial charge in [0.05, 0.1) is 6.04 Å². The lowest BCUT2D eigenvalue weighted by atomic mass is 10.1. The van der Waals surface area contributed by atoms with Gasteiger partial charge in [-0.1, -0.05) is 12.1 Å². The highest BCUT2D eigenvalue weighted by atomic mass is 35.5. The number of hydrogen-bond donors (Lipinski definition) is 2. The molecule has 1 aromatic carbocycles. The molecular formula is C13H20ClN3O2. The third-order valence-corrected chi connectivity index (χ3v) is 2.46. The number of halogens is 1. The van der Waals surface area contributed by atoms with Crippen molar-refractivity contribution in [1.29, 1.82) is 0 Å². The van der Waals surface area contributed by atoms with Gasteiger partial charge in [0, 0.05) is 26.2 Å². The van der Waals surface area contributed by atoms with Gasteiger partial charge >= 0.3 is 0 Å². The number of nitrogens with two attached hydrogens (primary N) is 1. The van der Waals surface area contributed by atoms with Crippen molar-refractivity contribution in [2.75, 3.05) is 14.1 Å². The smallest absolute Gasteiger partial charge is 0.253 e. The maximum atomic E-state index is 11.8. The first kappa shape index (κ1) is 17.4. The Balaban J connectivity index is 0.00000324. The summed E-state index contributed by atoms with van der Waals surface area (Å²) in [6.07, 6.45) is 0. The van der Waals surface area contributed by atoms with Crippen LogP contribution in [-0.2, 0) is 11.3 Å². The number of nitrogens with one attached hydrogen (secondary N) is 1. The summed E-state index contributed by atoms with van der Waals surface area (Å²) in [6.45, 7) is 2.00. The predicted octanol–water partition coefficient (Wildman–Crippen LogP) is 0.774. The monoisotopic (exact) mass is 285 g/mol. The van der Waals surface area contributed by atoms with Gasteiger partial charge in [-0.2, -0.15) is 0 Å². The Kier molecular flexibility index (Phi) is 7.11. The number of carbonyl (C=O) groups excluding carboxylic acids is 2. The molecule has 1 atom stereocenters. The first-order chi connectivity index (χ1) is 8.41. The number of hydrogen-bond acceptors (Lipinski definition) is 3. The lowest BCUT2D eigenvalue weighted by molar-refractivity contribution is -0.122. The predicted molar refractivity (Wildman–Crippen MR) is 77.2 cm³/mol. The van der Waals surface area contributed by atoms with Crippen LogP contribution in [0.5, 0.6) is 0 Å². The first-order valence-corrected chi connectivity index (χ1v) is 5.75. The molecule has 0 aliphatic carbocycles. The molecule has 5 nitrogen and oxygen atoms in total. The summed E-state index contributed by atoms with van der Waals surface area (Å²) >= 11 is 0. The SMILES string of the molecule is C[C@@H](N)C(=O)NCc1cccc(C(=O)N(C)C)c1.Cl. The zero-order valence-corrected chi connectivity index (χ0v) is 12.2. The summed E-state index contributed by atoms with van der Waals surface area (Å²) in [6, 6.07) is 6.64. The molecule has 19 heavy (non-hydrogen) atoms. The van der Waals surface area contributed by atoms with E-state index < -0.39 is 6.04 Å². The van der Waals surface area contributed by atoms with Gasteiger partial charge in [0.15, 0.2) is 0 Å². The summed E-state index contributed by atoms with van der Waals surface area (Å²) in [4.78, 5) is 24.6. The van der Waals surface area contributed by atoms with E-state index in [0.717, 1.165) is 5.56 Å². The number of rotatable bonds is 4. The van der Waals surface area contributed by atoms with Gasteiger partial charge in [-0.15, -0.1) is 12.4 Å². The van der Waals surface area contributed by atoms with Crippen molar-refractivity contribution in [2.24, 2.45) is 5.73 Å². The van der Waals surface area contributed by atoms with Crippen LogP contribution in [0.2, 0.25) is 0 Å². The minimum atomic E-state index is -0.531. The van der Waals surface area contributed by atoms with E-state index >= 15 is 0 Å². The second-order valence-electron chi connectivity index (χ2n) is 4.41. The Morgan fingerprint density at radius 3 is 2.53 bits per heavy atom. The lowest BCUT2D eigenvalue weighted by Crippen LogP contribution is -2.37. The Bertz CT molecular complexity index is 447. The molecule has 1 rings (SSSR count). The van der Waals surface area contributed by atoms with Gasteiger partial charge in [-0.25, -0.2) is 0 Å². The normalized spacial score (nSPS) is 11.2. The van der Waals surface area contributed by atoms with Crippen molar-refractivity contribution < 1.29 is 9.59 Å². The molecule has 0 aromatic heterocycles. The van der Waals surface area contributed by atoms with Crippen LogP contribution in [0.4, 0.5) is 0 Å². The van der Waals surface area contributed by atoms with E-state index in [0.29, 0.717) is 12.1 Å². The highest BCUT2D eigenvalue weighted by Crippen LogP contribution is 2.07. The molecule has 0 aliphatic heterocycles. The van der Waals surface area contributed by atoms with Crippen molar-refractivity contribution >= 4 is 24.2 Å². The quantitative estimate of drug-likeness (QED) is 0.858. The summed E-state index contributed by atoms with van der Waals surface area (Å²) < 4.78 is 0. The molecule has 106 valence electrons. The van der Waals surface area contributed by atoms with Crippen LogP contribution in [0.25, 0.3) is 0 Å². The van der Waals surface area contributed by atoms with Gasteiger partial charge in [-0.05, 0) is 24.6 Å². The molecule has 1 aromatic rings. The fraction of sp³-hybridized carbons (Fsp3) is 0.385. The summed E-state index contributed by atoms with van der Waals surface area (Å²) in [5.74, 6) is -0.269. The standard InChI is InChI=1S/C13H19N3O2.ClH/c1-9(14)12(17)15-8-10-5-4-6-11(7-10)13(18)16(2)3;/h4-7,9H,8,14H2,1-3H3,(H,15,17);1H/t9-;/m1./s1. The van der Waals surface area contributed by atoms with Crippen LogP contribution in [0.15, 0.2) is 24.3 Å². The lowest BCUT2D eigenvalue weighted by Gasteiger charge is -2.12. The molecule has 2 amide bonds. The largest absolute Gasteiger partial charge is 0.351 e. The Labute approximate surface area is 119 Å². The molecular weight excluding hydrogens is 266 g/mol. The van der Waals surface area contributed by atoms with Crippen LogP contribution in [0.3, 0.4) is 0 Å². The zero-order valence-electron chi connectivity index (χ0n) is 11.3. The average Bonchev–Trinajstić information content (AvgIpc) is 2.35. The van der Waals surface area contributed by atoms with E-state index in [1.807, 2.05) is 6.07 Å². The van der Waals surface area contributed by atoms with Crippen molar-refractivity contribution in [3.63, 3.8) is 0 Å². The highest BCUT2D eigenvalue weighted by Gasteiger charge is 2.09. The van der Waals surface area contributed by atoms with Crippen molar-refractivity contribution in [3.8, 4) is 0 Å². The molecule has 0 saturated carbocycles. The molecule has 0 radical (unpaired) electrons. The number of amides is 2. The first-order valence-electron chi connectivity index (χ1n) is 5.75. The van der Waals surface area contributed by atoms with Gasteiger partial charge < -0.3 is 16.0 Å². The van der Waals surface area contributed by atoms with Crippen LogP contribution in [-0.4, -0.2) is 36.9 Å². The minimum Gasteiger partial charge on any atom is -0.351 e. The van der Waals surface area contributed by atoms with Crippen LogP contribution in [0.1, 0.15) is 22.8 Å². The highest BCUT2D eigenvalue weighted by molar-refractivity contribution is 5.94. The Hall–Kier alpha value is -1.59. The molecule has 0 bridgehead atoms. The van der Waals surface area contributed by atoms with E-state index in [2.05, 4.69) is 5.32 Å². The number of carbonyl (C=O) groups is 2. The topological polar surface area (TPSA) is 75.4 Å². The second kappa shape index (κ2) is 7.76. The minimum absolute atomic E-state index is 0. The van der Waals surface area contributed by atoms with E-state index in [4.69, 9.17) is 5.73 Å². The molecule has 0 aliphatic rings. The van der Waals surface area contributed by atoms with Gasteiger partial charge in [0.1, 0.15) is 0 Å². The fourth-order valence-electron chi connectivity index (χ4n) is 1.42. The van der Waals surface area contributed by atoms with Crippen molar-refractivity contribution in [1.82, 2.24) is 10.2 Å². The van der Waals surface area contributed by atoms with E-state index in [1.54, 1.807) is 39.2 Å². The van der Waals surface area contributed by atoms with Crippen molar-refractivity contribution in [2.45, 2.75) is 19.5 Å². The third-order valence-electron chi connectivity index (χ3n) is 2.46. The summed E-state index contributed by atoms with van der Waals surface area (Å²) in [7, 11) is 3.40. The van der Waals surface area contributed by atoms with E-state index in [-0.39, 0.29) is 24.2 Å². The molecule has 3 N–H and O–H groups in total. The zero-order chi connectivity index (χ0) is 13.7. The third kappa shape index (κ3) is 5.28. The van der Waals surface area contributed by atoms with Gasteiger partial charge in [-0.3, -0.25) is 9.59 Å². The number of benzene rings is 1. The van der Waals surface area contributed by atoms with Crippen molar-refractivity contribution in [3.05, 3.63) is 35.4 Å². The van der Waals surface area contributed by atoms with Gasteiger partial charge in [0.25, 0.3) is 5.91 Å². The summed E-state index contributed by atoms with van der Waals surface area (Å²) in [5.41, 5.74) is 6.92. The van der Waals surface area contributed by atoms with Crippen LogP contribution >= 0.6 is 12.4 Å². The van der Waals surface area contributed by atoms with Crippen LogP contribution < -0.4 is 11.1 Å². The fourth-order valence-corrected chi connectivity index (χ4v) is 1.42. The summed E-state index contributed by atoms with van der Waals surface area (Å²) in [5, 5.41) is 2.70. The average molecular weight is 286 g/mol. The molecule has 0 heterocycles. The van der Waals surface area contributed by atoms with Crippen LogP contribution in [0, 0.1) is 0 Å². The van der Waals surface area contributed by atoms with E-state index in [9.17, 15) is 9.59 Å². The van der Waals surface area contributed by atoms with E-state index in [1.165, 1.54) is 4.90 Å². The second-order valence-corrected chi connectivity index (χ2v) is 4.41. The molecule has 0 saturated heterocycles.